The highest BCUT2D eigenvalue weighted by Crippen LogP contribution is 2.41. The normalized spacial score (nSPS) is 15.8. The van der Waals surface area contributed by atoms with Gasteiger partial charge in [-0.2, -0.15) is 0 Å². The number of fused-ring (bicyclic) bond motifs is 3. The van der Waals surface area contributed by atoms with Crippen LogP contribution in [-0.4, -0.2) is 19.0 Å². The Hall–Kier alpha value is -3.48. The summed E-state index contributed by atoms with van der Waals surface area (Å²) in [5, 5.41) is 0. The number of benzene rings is 2. The molecule has 2 aromatic rings. The van der Waals surface area contributed by atoms with Crippen molar-refractivity contribution in [3.8, 4) is 5.75 Å². The molecule has 0 saturated carbocycles. The van der Waals surface area contributed by atoms with Crippen molar-refractivity contribution in [1.82, 2.24) is 10.9 Å². The zero-order valence-corrected chi connectivity index (χ0v) is 12.8. The summed E-state index contributed by atoms with van der Waals surface area (Å²) in [5.74, 6) is 0.713. The van der Waals surface area contributed by atoms with Gasteiger partial charge in [-0.3, -0.25) is 15.1 Å². The number of anilines is 3. The SMILES string of the molecule is COc1ccc2c(c1)N(c1ccccc1)C(=O)C=C1NNC(=O)N12. The minimum absolute atomic E-state index is 0.266. The Labute approximate surface area is 138 Å². The second kappa shape index (κ2) is 5.31. The van der Waals surface area contributed by atoms with Crippen LogP contribution in [-0.2, 0) is 4.79 Å². The maximum absolute atomic E-state index is 12.8. The quantitative estimate of drug-likeness (QED) is 0.889. The maximum Gasteiger partial charge on any atom is 0.346 e. The third kappa shape index (κ3) is 2.06. The van der Waals surface area contributed by atoms with Gasteiger partial charge < -0.3 is 4.74 Å². The minimum atomic E-state index is -0.352. The molecule has 0 radical (unpaired) electrons. The van der Waals surface area contributed by atoms with Crippen molar-refractivity contribution in [3.63, 3.8) is 0 Å². The van der Waals surface area contributed by atoms with Gasteiger partial charge in [-0.15, -0.1) is 0 Å². The van der Waals surface area contributed by atoms with Crippen molar-refractivity contribution in [2.24, 2.45) is 0 Å². The van der Waals surface area contributed by atoms with Crippen molar-refractivity contribution in [1.29, 1.82) is 0 Å². The first-order valence-corrected chi connectivity index (χ1v) is 7.34. The Kier molecular flexibility index (Phi) is 3.13. The van der Waals surface area contributed by atoms with Gasteiger partial charge in [0.2, 0.25) is 0 Å². The Morgan fingerprint density at radius 1 is 0.917 bits per heavy atom. The lowest BCUT2D eigenvalue weighted by atomic mass is 10.2. The summed E-state index contributed by atoms with van der Waals surface area (Å²) in [6.45, 7) is 0. The maximum atomic E-state index is 12.8. The molecular weight excluding hydrogens is 308 g/mol. The molecule has 120 valence electrons. The van der Waals surface area contributed by atoms with Gasteiger partial charge in [0.05, 0.1) is 18.5 Å². The number of hydrazine groups is 1. The van der Waals surface area contributed by atoms with Crippen LogP contribution in [0.15, 0.2) is 60.4 Å². The molecule has 0 spiro atoms. The number of urea groups is 1. The molecule has 0 bridgehead atoms. The summed E-state index contributed by atoms with van der Waals surface area (Å²) < 4.78 is 5.29. The van der Waals surface area contributed by atoms with Crippen molar-refractivity contribution in [2.75, 3.05) is 16.9 Å². The fraction of sp³-hybridized carbons (Fsp3) is 0.0588. The van der Waals surface area contributed by atoms with Crippen molar-refractivity contribution in [3.05, 3.63) is 60.4 Å². The van der Waals surface area contributed by atoms with Gasteiger partial charge in [-0.05, 0) is 24.3 Å². The van der Waals surface area contributed by atoms with Crippen LogP contribution in [0, 0.1) is 0 Å². The molecule has 0 aliphatic carbocycles. The van der Waals surface area contributed by atoms with Crippen LogP contribution < -0.4 is 25.4 Å². The van der Waals surface area contributed by atoms with E-state index in [1.807, 2.05) is 30.3 Å². The molecule has 2 aliphatic rings. The number of carbonyl (C=O) groups excluding carboxylic acids is 2. The summed E-state index contributed by atoms with van der Waals surface area (Å²) >= 11 is 0. The molecule has 0 atom stereocenters. The fourth-order valence-corrected chi connectivity index (χ4v) is 2.82. The number of amides is 3. The highest BCUT2D eigenvalue weighted by molar-refractivity contribution is 6.15. The predicted molar refractivity (Wildman–Crippen MR) is 88.8 cm³/mol. The number of carbonyl (C=O) groups is 2. The largest absolute Gasteiger partial charge is 0.497 e. The van der Waals surface area contributed by atoms with Crippen molar-refractivity contribution >= 4 is 29.0 Å². The number of nitrogens with zero attached hydrogens (tertiary/aromatic N) is 2. The molecule has 7 heteroatoms. The van der Waals surface area contributed by atoms with Gasteiger partial charge in [0.25, 0.3) is 5.91 Å². The van der Waals surface area contributed by atoms with E-state index in [0.717, 1.165) is 0 Å². The second-order valence-electron chi connectivity index (χ2n) is 5.28. The first kappa shape index (κ1) is 14.1. The summed E-state index contributed by atoms with van der Waals surface area (Å²) in [7, 11) is 1.56. The van der Waals surface area contributed by atoms with Crippen LogP contribution >= 0.6 is 0 Å². The van der Waals surface area contributed by atoms with Crippen LogP contribution in [0.1, 0.15) is 0 Å². The second-order valence-corrected chi connectivity index (χ2v) is 5.28. The van der Waals surface area contributed by atoms with Crippen LogP contribution in [0.5, 0.6) is 5.75 Å². The molecule has 4 rings (SSSR count). The number of hydrogen-bond donors (Lipinski definition) is 2. The van der Waals surface area contributed by atoms with Crippen LogP contribution in [0.3, 0.4) is 0 Å². The smallest absolute Gasteiger partial charge is 0.346 e. The van der Waals surface area contributed by atoms with Crippen LogP contribution in [0.25, 0.3) is 0 Å². The molecule has 0 unspecified atom stereocenters. The number of methoxy groups -OCH3 is 1. The van der Waals surface area contributed by atoms with E-state index in [1.165, 1.54) is 11.0 Å². The molecular formula is C17H14N4O3. The highest BCUT2D eigenvalue weighted by Gasteiger charge is 2.35. The van der Waals surface area contributed by atoms with Gasteiger partial charge in [0.1, 0.15) is 11.6 Å². The molecule has 2 aromatic carbocycles. The van der Waals surface area contributed by atoms with E-state index in [1.54, 1.807) is 30.2 Å². The highest BCUT2D eigenvalue weighted by atomic mass is 16.5. The van der Waals surface area contributed by atoms with E-state index in [4.69, 9.17) is 4.74 Å². The molecule has 7 nitrogen and oxygen atoms in total. The Bertz CT molecular complexity index is 863. The first-order valence-electron chi connectivity index (χ1n) is 7.34. The van der Waals surface area contributed by atoms with Gasteiger partial charge in [0, 0.05) is 17.8 Å². The minimum Gasteiger partial charge on any atom is -0.497 e. The van der Waals surface area contributed by atoms with E-state index in [9.17, 15) is 9.59 Å². The van der Waals surface area contributed by atoms with Gasteiger partial charge >= 0.3 is 6.03 Å². The van der Waals surface area contributed by atoms with Gasteiger partial charge in [0.15, 0.2) is 0 Å². The molecule has 2 heterocycles. The Morgan fingerprint density at radius 2 is 1.71 bits per heavy atom. The molecule has 1 saturated heterocycles. The third-order valence-corrected chi connectivity index (χ3v) is 3.90. The van der Waals surface area contributed by atoms with E-state index < -0.39 is 0 Å². The number of ether oxygens (including phenoxy) is 1. The summed E-state index contributed by atoms with van der Waals surface area (Å²) in [5.41, 5.74) is 7.08. The Balaban J connectivity index is 1.97. The number of hydrogen-bond acceptors (Lipinski definition) is 4. The molecule has 3 amide bonds. The molecule has 1 fully saturated rings. The van der Waals surface area contributed by atoms with Crippen molar-refractivity contribution < 1.29 is 14.3 Å². The van der Waals surface area contributed by atoms with E-state index >= 15 is 0 Å². The first-order chi connectivity index (χ1) is 11.7. The van der Waals surface area contributed by atoms with Crippen LogP contribution in [0.2, 0.25) is 0 Å². The summed E-state index contributed by atoms with van der Waals surface area (Å²) in [6.07, 6.45) is 1.39. The van der Waals surface area contributed by atoms with Crippen molar-refractivity contribution in [2.45, 2.75) is 0 Å². The van der Waals surface area contributed by atoms with Gasteiger partial charge in [-0.1, -0.05) is 18.2 Å². The average molecular weight is 322 g/mol. The molecule has 2 aliphatic heterocycles. The lowest BCUT2D eigenvalue weighted by Gasteiger charge is -2.24. The topological polar surface area (TPSA) is 73.9 Å². The number of rotatable bonds is 2. The standard InChI is InChI=1S/C17H14N4O3/c1-24-12-7-8-13-14(9-12)20(11-5-3-2-4-6-11)16(22)10-15-18-19-17(23)21(13)15/h2-10,18H,1H3,(H,19,23). The average Bonchev–Trinajstić information content (AvgIpc) is 2.90. The zero-order valence-electron chi connectivity index (χ0n) is 12.8. The fourth-order valence-electron chi connectivity index (χ4n) is 2.82. The predicted octanol–water partition coefficient (Wildman–Crippen LogP) is 2.25. The molecule has 0 aromatic heterocycles. The van der Waals surface area contributed by atoms with E-state index in [2.05, 4.69) is 10.9 Å². The lowest BCUT2D eigenvalue weighted by molar-refractivity contribution is -0.113. The molecule has 24 heavy (non-hydrogen) atoms. The summed E-state index contributed by atoms with van der Waals surface area (Å²) in [6, 6.07) is 14.2. The third-order valence-electron chi connectivity index (χ3n) is 3.90. The number of para-hydroxylation sites is 1. The monoisotopic (exact) mass is 322 g/mol. The van der Waals surface area contributed by atoms with Crippen LogP contribution in [0.4, 0.5) is 21.9 Å². The van der Waals surface area contributed by atoms with Gasteiger partial charge in [-0.25, -0.2) is 15.1 Å². The summed E-state index contributed by atoms with van der Waals surface area (Å²) in [4.78, 5) is 28.0. The zero-order chi connectivity index (χ0) is 16.7. The molecule has 2 N–H and O–H groups in total. The Morgan fingerprint density at radius 3 is 2.46 bits per heavy atom. The lowest BCUT2D eigenvalue weighted by Crippen LogP contribution is -2.30. The number of nitrogens with one attached hydrogen (secondary N) is 2. The van der Waals surface area contributed by atoms with E-state index in [-0.39, 0.29) is 11.9 Å². The van der Waals surface area contributed by atoms with E-state index in [0.29, 0.717) is 28.6 Å².